The zero-order valence-electron chi connectivity index (χ0n) is 17.7. The van der Waals surface area contributed by atoms with E-state index in [-0.39, 0.29) is 24.6 Å². The molecule has 0 saturated heterocycles. The SMILES string of the molecule is Cc1n[nH]c(=O)c2c1c1cc(F)ccc1n2Cc1cn(CC(=O)c2ccc([N+](=O)[O-])cc2)nn1. The molecule has 5 aromatic rings. The van der Waals surface area contributed by atoms with Gasteiger partial charge in [0, 0.05) is 34.0 Å². The van der Waals surface area contributed by atoms with Crippen molar-refractivity contribution in [3.05, 3.63) is 91.9 Å². The molecule has 11 nitrogen and oxygen atoms in total. The Kier molecular flexibility index (Phi) is 4.97. The summed E-state index contributed by atoms with van der Waals surface area (Å²) in [5, 5.41) is 26.5. The number of nitro groups is 1. The monoisotopic (exact) mass is 461 g/mol. The third-order valence-corrected chi connectivity index (χ3v) is 5.54. The number of nitro benzene ring substituents is 1. The van der Waals surface area contributed by atoms with Crippen LogP contribution >= 0.6 is 0 Å². The van der Waals surface area contributed by atoms with Crippen LogP contribution in [0.4, 0.5) is 10.1 Å². The van der Waals surface area contributed by atoms with Crippen LogP contribution in [0.3, 0.4) is 0 Å². The number of aromatic nitrogens is 6. The first-order valence-electron chi connectivity index (χ1n) is 10.1. The van der Waals surface area contributed by atoms with Gasteiger partial charge in [-0.1, -0.05) is 5.21 Å². The average Bonchev–Trinajstić information content (AvgIpc) is 3.39. The molecule has 1 N–H and O–H groups in total. The number of non-ortho nitro benzene ring substituents is 1. The topological polar surface area (TPSA) is 142 Å². The normalized spacial score (nSPS) is 11.4. The maximum atomic E-state index is 14.0. The third kappa shape index (κ3) is 3.60. The predicted octanol–water partition coefficient (Wildman–Crippen LogP) is 2.76. The van der Waals surface area contributed by atoms with Crippen LogP contribution in [-0.4, -0.2) is 40.5 Å². The molecule has 34 heavy (non-hydrogen) atoms. The van der Waals surface area contributed by atoms with Gasteiger partial charge in [-0.3, -0.25) is 19.7 Å². The lowest BCUT2D eigenvalue weighted by Gasteiger charge is -2.04. The highest BCUT2D eigenvalue weighted by Gasteiger charge is 2.18. The number of nitrogens with zero attached hydrogens (tertiary/aromatic N) is 6. The molecule has 0 fully saturated rings. The van der Waals surface area contributed by atoms with Gasteiger partial charge in [0.15, 0.2) is 5.78 Å². The summed E-state index contributed by atoms with van der Waals surface area (Å²) in [6.45, 7) is 1.77. The molecule has 0 aliphatic carbocycles. The Bertz CT molecular complexity index is 1650. The zero-order valence-corrected chi connectivity index (χ0v) is 17.7. The minimum atomic E-state index is -0.538. The summed E-state index contributed by atoms with van der Waals surface area (Å²) < 4.78 is 17.0. The third-order valence-electron chi connectivity index (χ3n) is 5.54. The van der Waals surface area contributed by atoms with Crippen LogP contribution in [0.1, 0.15) is 21.7 Å². The number of hydrogen-bond donors (Lipinski definition) is 1. The summed E-state index contributed by atoms with van der Waals surface area (Å²) in [4.78, 5) is 35.4. The van der Waals surface area contributed by atoms with E-state index in [0.29, 0.717) is 38.8 Å². The Balaban J connectivity index is 1.46. The number of ketones is 1. The van der Waals surface area contributed by atoms with Crippen LogP contribution in [0.5, 0.6) is 0 Å². The van der Waals surface area contributed by atoms with E-state index in [4.69, 9.17) is 0 Å². The molecule has 0 unspecified atom stereocenters. The van der Waals surface area contributed by atoms with E-state index >= 15 is 0 Å². The molecule has 5 rings (SSSR count). The van der Waals surface area contributed by atoms with Crippen LogP contribution in [0.2, 0.25) is 0 Å². The van der Waals surface area contributed by atoms with Crippen molar-refractivity contribution in [2.75, 3.05) is 0 Å². The van der Waals surface area contributed by atoms with E-state index in [1.807, 2.05) is 0 Å². The van der Waals surface area contributed by atoms with E-state index < -0.39 is 16.3 Å². The number of Topliss-reactive ketones (excluding diaryl/α,β-unsaturated/α-hetero) is 1. The second-order valence-corrected chi connectivity index (χ2v) is 7.74. The van der Waals surface area contributed by atoms with Crippen molar-refractivity contribution in [1.82, 2.24) is 29.8 Å². The number of carbonyl (C=O) groups is 1. The van der Waals surface area contributed by atoms with Crippen molar-refractivity contribution in [3.63, 3.8) is 0 Å². The van der Waals surface area contributed by atoms with Gasteiger partial charge in [0.05, 0.1) is 23.4 Å². The smallest absolute Gasteiger partial charge is 0.288 e. The first-order valence-corrected chi connectivity index (χ1v) is 10.1. The van der Waals surface area contributed by atoms with Crippen LogP contribution in [-0.2, 0) is 13.1 Å². The quantitative estimate of drug-likeness (QED) is 0.233. The van der Waals surface area contributed by atoms with Gasteiger partial charge in [0.2, 0.25) is 0 Å². The summed E-state index contributed by atoms with van der Waals surface area (Å²) in [6, 6.07) is 9.57. The Morgan fingerprint density at radius 1 is 1.21 bits per heavy atom. The minimum Gasteiger partial charge on any atom is -0.330 e. The largest absolute Gasteiger partial charge is 0.330 e. The van der Waals surface area contributed by atoms with E-state index in [0.717, 1.165) is 0 Å². The molecule has 0 aliphatic rings. The highest BCUT2D eigenvalue weighted by Crippen LogP contribution is 2.29. The number of benzene rings is 2. The maximum absolute atomic E-state index is 14.0. The van der Waals surface area contributed by atoms with Crippen molar-refractivity contribution in [3.8, 4) is 0 Å². The molecule has 0 amide bonds. The number of aromatic amines is 1. The highest BCUT2D eigenvalue weighted by molar-refractivity contribution is 6.08. The lowest BCUT2D eigenvalue weighted by molar-refractivity contribution is -0.384. The lowest BCUT2D eigenvalue weighted by atomic mass is 10.1. The molecule has 3 aromatic heterocycles. The molecule has 0 atom stereocenters. The number of halogens is 1. The Morgan fingerprint density at radius 3 is 2.71 bits per heavy atom. The van der Waals surface area contributed by atoms with Gasteiger partial charge in [0.25, 0.3) is 11.2 Å². The first kappa shape index (κ1) is 21.1. The predicted molar refractivity (Wildman–Crippen MR) is 119 cm³/mol. The number of hydrogen-bond acceptors (Lipinski definition) is 7. The molecule has 2 aromatic carbocycles. The number of carbonyl (C=O) groups excluding carboxylic acids is 1. The molecule has 0 aliphatic heterocycles. The summed E-state index contributed by atoms with van der Waals surface area (Å²) in [6.07, 6.45) is 1.58. The maximum Gasteiger partial charge on any atom is 0.288 e. The van der Waals surface area contributed by atoms with Crippen molar-refractivity contribution in [2.24, 2.45) is 0 Å². The molecule has 12 heteroatoms. The van der Waals surface area contributed by atoms with Crippen molar-refractivity contribution in [2.45, 2.75) is 20.0 Å². The average molecular weight is 461 g/mol. The standard InChI is InChI=1S/C22H16FN7O4/c1-12-20-17-8-14(23)4-7-18(17)29(21(20)22(32)26-24-12)10-15-9-28(27-25-15)11-19(31)13-2-5-16(6-3-13)30(33)34/h2-9H,10-11H2,1H3,(H,26,32). The number of fused-ring (bicyclic) bond motifs is 3. The number of nitrogens with one attached hydrogen (secondary N) is 1. The lowest BCUT2D eigenvalue weighted by Crippen LogP contribution is -2.14. The fourth-order valence-corrected chi connectivity index (χ4v) is 3.99. The molecule has 0 spiro atoms. The molecular weight excluding hydrogens is 445 g/mol. The van der Waals surface area contributed by atoms with E-state index in [2.05, 4.69) is 20.5 Å². The molecular formula is C22H16FN7O4. The van der Waals surface area contributed by atoms with Gasteiger partial charge in [-0.15, -0.1) is 5.10 Å². The van der Waals surface area contributed by atoms with Gasteiger partial charge in [-0.05, 0) is 37.3 Å². The van der Waals surface area contributed by atoms with E-state index in [1.54, 1.807) is 23.8 Å². The van der Waals surface area contributed by atoms with Gasteiger partial charge >= 0.3 is 0 Å². The fraction of sp³-hybridized carbons (Fsp3) is 0.136. The summed E-state index contributed by atoms with van der Waals surface area (Å²) >= 11 is 0. The second-order valence-electron chi connectivity index (χ2n) is 7.74. The molecule has 0 bridgehead atoms. The van der Waals surface area contributed by atoms with Crippen LogP contribution < -0.4 is 5.56 Å². The van der Waals surface area contributed by atoms with Gasteiger partial charge in [-0.25, -0.2) is 14.2 Å². The molecule has 3 heterocycles. The van der Waals surface area contributed by atoms with Gasteiger partial charge in [0.1, 0.15) is 23.6 Å². The minimum absolute atomic E-state index is 0.105. The second kappa shape index (κ2) is 7.99. The Morgan fingerprint density at radius 2 is 1.97 bits per heavy atom. The summed E-state index contributed by atoms with van der Waals surface area (Å²) in [5.74, 6) is -0.723. The van der Waals surface area contributed by atoms with E-state index in [9.17, 15) is 24.1 Å². The summed E-state index contributed by atoms with van der Waals surface area (Å²) in [7, 11) is 0. The van der Waals surface area contributed by atoms with Crippen LogP contribution in [0.25, 0.3) is 21.8 Å². The van der Waals surface area contributed by atoms with E-state index in [1.165, 1.54) is 41.1 Å². The molecule has 0 radical (unpaired) electrons. The van der Waals surface area contributed by atoms with Crippen molar-refractivity contribution < 1.29 is 14.1 Å². The van der Waals surface area contributed by atoms with Crippen molar-refractivity contribution >= 4 is 33.3 Å². The zero-order chi connectivity index (χ0) is 24.0. The summed E-state index contributed by atoms with van der Waals surface area (Å²) in [5.41, 5.74) is 1.79. The molecule has 170 valence electrons. The highest BCUT2D eigenvalue weighted by atomic mass is 19.1. The number of aryl methyl sites for hydroxylation is 1. The number of rotatable bonds is 6. The first-order chi connectivity index (χ1) is 16.3. The Hall–Kier alpha value is -4.74. The van der Waals surface area contributed by atoms with Crippen molar-refractivity contribution in [1.29, 1.82) is 0 Å². The molecule has 0 saturated carbocycles. The number of H-pyrrole nitrogens is 1. The van der Waals surface area contributed by atoms with Gasteiger partial charge in [-0.2, -0.15) is 5.10 Å². The van der Waals surface area contributed by atoms with Crippen LogP contribution in [0.15, 0.2) is 53.5 Å². The van der Waals surface area contributed by atoms with Gasteiger partial charge < -0.3 is 4.57 Å². The van der Waals surface area contributed by atoms with Crippen LogP contribution in [0, 0.1) is 22.9 Å². The fourth-order valence-electron chi connectivity index (χ4n) is 3.99. The Labute approximate surface area is 189 Å².